The maximum atomic E-state index is 13.1. The summed E-state index contributed by atoms with van der Waals surface area (Å²) < 4.78 is 25.1. The third-order valence-electron chi connectivity index (χ3n) is 7.24. The Hall–Kier alpha value is -3.15. The van der Waals surface area contributed by atoms with Crippen LogP contribution in [0.4, 0.5) is 8.78 Å². The van der Waals surface area contributed by atoms with Crippen molar-refractivity contribution in [1.82, 2.24) is 15.3 Å². The molecule has 2 heterocycles. The van der Waals surface area contributed by atoms with Gasteiger partial charge in [0.25, 0.3) is 5.91 Å². The van der Waals surface area contributed by atoms with E-state index in [9.17, 15) is 13.6 Å². The van der Waals surface area contributed by atoms with Crippen molar-refractivity contribution in [3.8, 4) is 0 Å². The monoisotopic (exact) mass is 507 g/mol. The first-order valence-corrected chi connectivity index (χ1v) is 13.5. The minimum Gasteiger partial charge on any atom is -0.341 e. The van der Waals surface area contributed by atoms with Crippen molar-refractivity contribution in [2.24, 2.45) is 5.92 Å². The van der Waals surface area contributed by atoms with Crippen LogP contribution in [0.3, 0.4) is 0 Å². The third-order valence-corrected chi connectivity index (χ3v) is 7.24. The van der Waals surface area contributed by atoms with Crippen molar-refractivity contribution < 1.29 is 13.6 Å². The molecule has 198 valence electrons. The van der Waals surface area contributed by atoms with E-state index in [4.69, 9.17) is 4.98 Å². The number of aryl methyl sites for hydroxylation is 2. The lowest BCUT2D eigenvalue weighted by Gasteiger charge is -2.30. The normalized spacial score (nSPS) is 17.6. The molecule has 2 unspecified atom stereocenters. The van der Waals surface area contributed by atoms with Crippen molar-refractivity contribution in [3.05, 3.63) is 94.6 Å². The van der Waals surface area contributed by atoms with Gasteiger partial charge in [0.05, 0.1) is 11.2 Å². The third kappa shape index (κ3) is 7.21. The SMILES string of the molecule is CC.CCC(C)C1CCCc2nc(C3(NC(=O)c4ccc(F)cc4)CC3)ccc21.Cc1ccc(F)nc1. The van der Waals surface area contributed by atoms with Crippen LogP contribution in [-0.4, -0.2) is 15.9 Å². The molecular formula is C31H39F2N3O. The van der Waals surface area contributed by atoms with E-state index in [1.807, 2.05) is 20.8 Å². The lowest BCUT2D eigenvalue weighted by Crippen LogP contribution is -2.36. The van der Waals surface area contributed by atoms with E-state index in [-0.39, 0.29) is 17.3 Å². The number of halogens is 2. The highest BCUT2D eigenvalue weighted by Gasteiger charge is 2.47. The van der Waals surface area contributed by atoms with Gasteiger partial charge in [0.1, 0.15) is 5.82 Å². The fraction of sp³-hybridized carbons (Fsp3) is 0.452. The van der Waals surface area contributed by atoms with E-state index in [1.165, 1.54) is 67.0 Å². The zero-order chi connectivity index (χ0) is 27.0. The number of fused-ring (bicyclic) bond motifs is 1. The molecule has 1 amide bonds. The molecule has 3 aromatic rings. The molecule has 1 saturated carbocycles. The quantitative estimate of drug-likeness (QED) is 0.361. The zero-order valence-electron chi connectivity index (χ0n) is 22.7. The predicted octanol–water partition coefficient (Wildman–Crippen LogP) is 7.66. The van der Waals surface area contributed by atoms with Crippen molar-refractivity contribution in [2.75, 3.05) is 0 Å². The molecule has 0 aliphatic heterocycles. The van der Waals surface area contributed by atoms with E-state index < -0.39 is 5.95 Å². The van der Waals surface area contributed by atoms with E-state index in [2.05, 4.69) is 36.3 Å². The van der Waals surface area contributed by atoms with Gasteiger partial charge in [-0.3, -0.25) is 9.78 Å². The maximum Gasteiger partial charge on any atom is 0.252 e. The number of hydrogen-bond acceptors (Lipinski definition) is 3. The van der Waals surface area contributed by atoms with Gasteiger partial charge in [-0.1, -0.05) is 46.2 Å². The Balaban J connectivity index is 0.000000322. The molecule has 1 fully saturated rings. The molecule has 2 aliphatic carbocycles. The van der Waals surface area contributed by atoms with Crippen LogP contribution in [0.5, 0.6) is 0 Å². The Morgan fingerprint density at radius 2 is 1.78 bits per heavy atom. The van der Waals surface area contributed by atoms with Crippen LogP contribution < -0.4 is 5.32 Å². The number of nitrogens with one attached hydrogen (secondary N) is 1. The Morgan fingerprint density at radius 1 is 1.08 bits per heavy atom. The summed E-state index contributed by atoms with van der Waals surface area (Å²) in [7, 11) is 0. The van der Waals surface area contributed by atoms with Crippen LogP contribution in [0.1, 0.15) is 98.6 Å². The number of hydrogen-bond donors (Lipinski definition) is 1. The van der Waals surface area contributed by atoms with Crippen molar-refractivity contribution in [3.63, 3.8) is 0 Å². The number of nitrogens with zero attached hydrogens (tertiary/aromatic N) is 2. The lowest BCUT2D eigenvalue weighted by molar-refractivity contribution is 0.0929. The van der Waals surface area contributed by atoms with Gasteiger partial charge in [-0.25, -0.2) is 9.37 Å². The first kappa shape index (κ1) is 28.4. The molecule has 2 aromatic heterocycles. The topological polar surface area (TPSA) is 54.9 Å². The van der Waals surface area contributed by atoms with Crippen molar-refractivity contribution in [1.29, 1.82) is 0 Å². The second-order valence-electron chi connectivity index (χ2n) is 9.82. The predicted molar refractivity (Wildman–Crippen MR) is 144 cm³/mol. The number of aromatic nitrogens is 2. The van der Waals surface area contributed by atoms with Crippen LogP contribution in [0, 0.1) is 24.6 Å². The average molecular weight is 508 g/mol. The minimum absolute atomic E-state index is 0.162. The van der Waals surface area contributed by atoms with E-state index in [0.717, 1.165) is 30.5 Å². The lowest BCUT2D eigenvalue weighted by atomic mass is 9.77. The maximum absolute atomic E-state index is 13.1. The summed E-state index contributed by atoms with van der Waals surface area (Å²) in [5.41, 5.74) is 4.70. The molecule has 6 heteroatoms. The summed E-state index contributed by atoms with van der Waals surface area (Å²) in [6, 6.07) is 13.1. The molecule has 4 nitrogen and oxygen atoms in total. The summed E-state index contributed by atoms with van der Waals surface area (Å²) in [5.74, 6) is 0.356. The number of amides is 1. The molecule has 0 bridgehead atoms. The van der Waals surface area contributed by atoms with Gasteiger partial charge in [0.2, 0.25) is 5.95 Å². The molecular weight excluding hydrogens is 468 g/mol. The van der Waals surface area contributed by atoms with Gasteiger partial charge >= 0.3 is 0 Å². The van der Waals surface area contributed by atoms with E-state index in [1.54, 1.807) is 6.07 Å². The highest BCUT2D eigenvalue weighted by Crippen LogP contribution is 2.46. The van der Waals surface area contributed by atoms with E-state index in [0.29, 0.717) is 17.4 Å². The summed E-state index contributed by atoms with van der Waals surface area (Å²) >= 11 is 0. The Morgan fingerprint density at radius 3 is 2.35 bits per heavy atom. The largest absolute Gasteiger partial charge is 0.341 e. The summed E-state index contributed by atoms with van der Waals surface area (Å²) in [6.45, 7) is 10.5. The summed E-state index contributed by atoms with van der Waals surface area (Å²) in [4.78, 5) is 21.0. The molecule has 0 saturated heterocycles. The fourth-order valence-electron chi connectivity index (χ4n) is 4.75. The molecule has 2 atom stereocenters. The van der Waals surface area contributed by atoms with Crippen LogP contribution in [0.25, 0.3) is 0 Å². The standard InChI is InChI=1S/C23H27FN2O.C6H6FN.C2H6/c1-3-15(2)18-5-4-6-20-19(18)11-12-21(25-20)23(13-14-23)26-22(27)16-7-9-17(24)10-8-16;1-5-2-3-6(7)8-4-5;1-2/h7-12,15,18H,3-6,13-14H2,1-2H3,(H,26,27);2-4H,1H3;1-2H3. The molecule has 37 heavy (non-hydrogen) atoms. The summed E-state index contributed by atoms with van der Waals surface area (Å²) in [5, 5.41) is 3.15. The fourth-order valence-corrected chi connectivity index (χ4v) is 4.75. The van der Waals surface area contributed by atoms with Crippen LogP contribution in [0.2, 0.25) is 0 Å². The van der Waals surface area contributed by atoms with Gasteiger partial charge in [0, 0.05) is 17.5 Å². The first-order valence-electron chi connectivity index (χ1n) is 13.5. The highest BCUT2D eigenvalue weighted by atomic mass is 19.1. The number of carbonyl (C=O) groups excluding carboxylic acids is 1. The molecule has 0 radical (unpaired) electrons. The van der Waals surface area contributed by atoms with Crippen LogP contribution in [0.15, 0.2) is 54.7 Å². The number of rotatable bonds is 5. The Kier molecular flexibility index (Phi) is 9.90. The van der Waals surface area contributed by atoms with Gasteiger partial charge in [-0.15, -0.1) is 0 Å². The van der Waals surface area contributed by atoms with Gasteiger partial charge in [0.15, 0.2) is 0 Å². The number of benzene rings is 1. The number of pyridine rings is 2. The zero-order valence-corrected chi connectivity index (χ0v) is 22.7. The van der Waals surface area contributed by atoms with Crippen molar-refractivity contribution in [2.45, 2.75) is 84.6 Å². The number of carbonyl (C=O) groups is 1. The first-order chi connectivity index (χ1) is 17.8. The van der Waals surface area contributed by atoms with Crippen LogP contribution in [-0.2, 0) is 12.0 Å². The van der Waals surface area contributed by atoms with Crippen LogP contribution >= 0.6 is 0 Å². The van der Waals surface area contributed by atoms with Crippen molar-refractivity contribution >= 4 is 5.91 Å². The molecule has 1 aromatic carbocycles. The molecule has 0 spiro atoms. The van der Waals surface area contributed by atoms with Gasteiger partial charge in [-0.2, -0.15) is 4.39 Å². The van der Waals surface area contributed by atoms with Gasteiger partial charge in [-0.05, 0) is 98.4 Å². The Bertz CT molecular complexity index is 1140. The second-order valence-corrected chi connectivity index (χ2v) is 9.82. The molecule has 2 aliphatic rings. The summed E-state index contributed by atoms with van der Waals surface area (Å²) in [6.07, 6.45) is 7.95. The molecule has 1 N–H and O–H groups in total. The smallest absolute Gasteiger partial charge is 0.252 e. The highest BCUT2D eigenvalue weighted by molar-refractivity contribution is 5.95. The van der Waals surface area contributed by atoms with Gasteiger partial charge < -0.3 is 5.32 Å². The minimum atomic E-state index is -0.421. The Labute approximate surface area is 220 Å². The second kappa shape index (κ2) is 12.9. The average Bonchev–Trinajstić information content (AvgIpc) is 3.71. The van der Waals surface area contributed by atoms with E-state index >= 15 is 0 Å². The molecule has 5 rings (SSSR count).